The van der Waals surface area contributed by atoms with Gasteiger partial charge in [0.05, 0.1) is 6.04 Å². The highest BCUT2D eigenvalue weighted by Gasteiger charge is 2.25. The highest BCUT2D eigenvalue weighted by Crippen LogP contribution is 2.19. The Kier molecular flexibility index (Phi) is 5.52. The molecular formula is C17H20ClN3O. The van der Waals surface area contributed by atoms with Gasteiger partial charge < -0.3 is 10.2 Å². The molecule has 0 radical (unpaired) electrons. The van der Waals surface area contributed by atoms with Crippen molar-refractivity contribution in [2.45, 2.75) is 12.5 Å². The fraction of sp³-hybridized carbons (Fsp3) is 0.294. The second-order valence-electron chi connectivity index (χ2n) is 5.40. The molecule has 1 aliphatic rings. The Morgan fingerprint density at radius 3 is 2.45 bits per heavy atom. The van der Waals surface area contributed by atoms with E-state index in [0.717, 1.165) is 25.1 Å². The zero-order valence-corrected chi connectivity index (χ0v) is 13.3. The van der Waals surface area contributed by atoms with Crippen LogP contribution < -0.4 is 5.32 Å². The number of halogens is 1. The predicted octanol–water partition coefficient (Wildman–Crippen LogP) is 2.14. The van der Waals surface area contributed by atoms with Gasteiger partial charge >= 0.3 is 0 Å². The standard InChI is InChI=1S/C17H19N3O.ClH/c1-20-11-10-19-16(17(20)21)12-13-2-4-14(5-3-13)15-6-8-18-9-7-15;/h2-9,16,19H,10-12H2,1H3;1H. The van der Waals surface area contributed by atoms with Gasteiger partial charge in [-0.25, -0.2) is 0 Å². The van der Waals surface area contributed by atoms with Crippen molar-refractivity contribution in [1.29, 1.82) is 0 Å². The number of aromatic nitrogens is 1. The van der Waals surface area contributed by atoms with E-state index in [0.29, 0.717) is 0 Å². The maximum Gasteiger partial charge on any atom is 0.239 e. The number of nitrogens with zero attached hydrogens (tertiary/aromatic N) is 2. The molecule has 1 fully saturated rings. The van der Waals surface area contributed by atoms with Crippen molar-refractivity contribution < 1.29 is 4.79 Å². The number of benzene rings is 1. The largest absolute Gasteiger partial charge is 0.343 e. The van der Waals surface area contributed by atoms with E-state index in [1.165, 1.54) is 11.1 Å². The van der Waals surface area contributed by atoms with E-state index in [1.54, 1.807) is 17.3 Å². The van der Waals surface area contributed by atoms with E-state index in [1.807, 2.05) is 19.2 Å². The zero-order valence-electron chi connectivity index (χ0n) is 12.5. The summed E-state index contributed by atoms with van der Waals surface area (Å²) in [7, 11) is 1.86. The second-order valence-corrected chi connectivity index (χ2v) is 5.40. The number of hydrogen-bond donors (Lipinski definition) is 1. The number of pyridine rings is 1. The number of rotatable bonds is 3. The van der Waals surface area contributed by atoms with Gasteiger partial charge in [0.25, 0.3) is 0 Å². The molecule has 1 N–H and O–H groups in total. The van der Waals surface area contributed by atoms with Crippen LogP contribution in [0.4, 0.5) is 0 Å². The first-order valence-corrected chi connectivity index (χ1v) is 7.22. The fourth-order valence-corrected chi connectivity index (χ4v) is 2.64. The van der Waals surface area contributed by atoms with Crippen molar-refractivity contribution in [2.75, 3.05) is 20.1 Å². The molecule has 1 aromatic heterocycles. The average molecular weight is 318 g/mol. The average Bonchev–Trinajstić information content (AvgIpc) is 2.53. The lowest BCUT2D eigenvalue weighted by Gasteiger charge is -2.30. The lowest BCUT2D eigenvalue weighted by Crippen LogP contribution is -2.54. The van der Waals surface area contributed by atoms with Crippen LogP contribution in [0.15, 0.2) is 48.8 Å². The Hall–Kier alpha value is -1.91. The minimum absolute atomic E-state index is 0. The lowest BCUT2D eigenvalue weighted by molar-refractivity contribution is -0.134. The number of amides is 1. The maximum atomic E-state index is 12.1. The highest BCUT2D eigenvalue weighted by molar-refractivity contribution is 5.85. The molecule has 1 unspecified atom stereocenters. The Bertz CT molecular complexity index is 616. The van der Waals surface area contributed by atoms with Crippen molar-refractivity contribution in [3.8, 4) is 11.1 Å². The molecule has 0 spiro atoms. The van der Waals surface area contributed by atoms with Crippen LogP contribution >= 0.6 is 12.4 Å². The third-order valence-corrected chi connectivity index (χ3v) is 3.92. The Morgan fingerprint density at radius 2 is 1.77 bits per heavy atom. The monoisotopic (exact) mass is 317 g/mol. The Labute approximate surface area is 137 Å². The molecule has 3 rings (SSSR count). The van der Waals surface area contributed by atoms with Gasteiger partial charge in [0, 0.05) is 32.5 Å². The van der Waals surface area contributed by atoms with Crippen LogP contribution in [0.3, 0.4) is 0 Å². The summed E-state index contributed by atoms with van der Waals surface area (Å²) in [6.45, 7) is 1.65. The van der Waals surface area contributed by atoms with Gasteiger partial charge in [0.2, 0.25) is 5.91 Å². The van der Waals surface area contributed by atoms with E-state index in [9.17, 15) is 4.79 Å². The molecule has 1 amide bonds. The number of carbonyl (C=O) groups excluding carboxylic acids is 1. The van der Waals surface area contributed by atoms with Gasteiger partial charge in [-0.05, 0) is 35.2 Å². The van der Waals surface area contributed by atoms with Crippen molar-refractivity contribution in [1.82, 2.24) is 15.2 Å². The summed E-state index contributed by atoms with van der Waals surface area (Å²) in [5.74, 6) is 0.180. The van der Waals surface area contributed by atoms with Crippen LogP contribution in [-0.2, 0) is 11.2 Å². The molecule has 1 aliphatic heterocycles. The first-order chi connectivity index (χ1) is 10.2. The smallest absolute Gasteiger partial charge is 0.239 e. The maximum absolute atomic E-state index is 12.1. The van der Waals surface area contributed by atoms with Crippen LogP contribution in [-0.4, -0.2) is 42.0 Å². The van der Waals surface area contributed by atoms with Crippen molar-refractivity contribution in [3.05, 3.63) is 54.4 Å². The molecule has 1 saturated heterocycles. The number of hydrogen-bond acceptors (Lipinski definition) is 3. The Morgan fingerprint density at radius 1 is 1.14 bits per heavy atom. The van der Waals surface area contributed by atoms with Gasteiger partial charge in [-0.1, -0.05) is 24.3 Å². The van der Waals surface area contributed by atoms with E-state index in [4.69, 9.17) is 0 Å². The van der Waals surface area contributed by atoms with Crippen LogP contribution in [0.25, 0.3) is 11.1 Å². The molecule has 0 bridgehead atoms. The van der Waals surface area contributed by atoms with Crippen molar-refractivity contribution >= 4 is 18.3 Å². The molecule has 1 atom stereocenters. The summed E-state index contributed by atoms with van der Waals surface area (Å²) >= 11 is 0. The van der Waals surface area contributed by atoms with Gasteiger partial charge in [-0.3, -0.25) is 9.78 Å². The molecule has 2 heterocycles. The van der Waals surface area contributed by atoms with Crippen LogP contribution in [0, 0.1) is 0 Å². The van der Waals surface area contributed by atoms with E-state index in [2.05, 4.69) is 34.6 Å². The lowest BCUT2D eigenvalue weighted by atomic mass is 10.00. The summed E-state index contributed by atoms with van der Waals surface area (Å²) in [5.41, 5.74) is 3.50. The predicted molar refractivity (Wildman–Crippen MR) is 90.1 cm³/mol. The molecule has 5 heteroatoms. The minimum Gasteiger partial charge on any atom is -0.343 e. The summed E-state index contributed by atoms with van der Waals surface area (Å²) < 4.78 is 0. The minimum atomic E-state index is -0.101. The summed E-state index contributed by atoms with van der Waals surface area (Å²) in [5, 5.41) is 3.29. The van der Waals surface area contributed by atoms with Gasteiger partial charge in [0.15, 0.2) is 0 Å². The molecule has 0 saturated carbocycles. The molecule has 2 aromatic rings. The summed E-state index contributed by atoms with van der Waals surface area (Å²) in [6.07, 6.45) is 4.33. The molecule has 0 aliphatic carbocycles. The molecule has 4 nitrogen and oxygen atoms in total. The van der Waals surface area contributed by atoms with Gasteiger partial charge in [0.1, 0.15) is 0 Å². The first kappa shape index (κ1) is 16.5. The van der Waals surface area contributed by atoms with E-state index in [-0.39, 0.29) is 24.4 Å². The van der Waals surface area contributed by atoms with E-state index < -0.39 is 0 Å². The SMILES string of the molecule is CN1CCNC(Cc2ccc(-c3ccncc3)cc2)C1=O.Cl. The quantitative estimate of drug-likeness (QED) is 0.943. The van der Waals surface area contributed by atoms with Crippen molar-refractivity contribution in [3.63, 3.8) is 0 Å². The number of carbonyl (C=O) groups is 1. The van der Waals surface area contributed by atoms with Gasteiger partial charge in [-0.15, -0.1) is 12.4 Å². The highest BCUT2D eigenvalue weighted by atomic mass is 35.5. The first-order valence-electron chi connectivity index (χ1n) is 7.22. The molecule has 116 valence electrons. The van der Waals surface area contributed by atoms with E-state index >= 15 is 0 Å². The third-order valence-electron chi connectivity index (χ3n) is 3.92. The second kappa shape index (κ2) is 7.38. The van der Waals surface area contributed by atoms with Crippen LogP contribution in [0.5, 0.6) is 0 Å². The normalized spacial score (nSPS) is 18.0. The fourth-order valence-electron chi connectivity index (χ4n) is 2.64. The van der Waals surface area contributed by atoms with Gasteiger partial charge in [-0.2, -0.15) is 0 Å². The van der Waals surface area contributed by atoms with Crippen molar-refractivity contribution in [2.24, 2.45) is 0 Å². The summed E-state index contributed by atoms with van der Waals surface area (Å²) in [6, 6.07) is 12.3. The summed E-state index contributed by atoms with van der Waals surface area (Å²) in [4.78, 5) is 17.9. The van der Waals surface area contributed by atoms with Crippen LogP contribution in [0.2, 0.25) is 0 Å². The Balaban J connectivity index is 0.00000176. The number of nitrogens with one attached hydrogen (secondary N) is 1. The topological polar surface area (TPSA) is 45.2 Å². The van der Waals surface area contributed by atoms with Crippen LogP contribution in [0.1, 0.15) is 5.56 Å². The number of piperazine rings is 1. The third kappa shape index (κ3) is 3.64. The zero-order chi connectivity index (χ0) is 14.7. The molecule has 22 heavy (non-hydrogen) atoms. The molecular weight excluding hydrogens is 298 g/mol. The number of likely N-dealkylation sites (N-methyl/N-ethyl adjacent to an activating group) is 1. The molecule has 1 aromatic carbocycles.